The molecule has 0 radical (unpaired) electrons. The van der Waals surface area contributed by atoms with E-state index in [1.54, 1.807) is 29.5 Å². The molecule has 4 N–H and O–H groups in total. The number of hydrogen-bond acceptors (Lipinski definition) is 9. The van der Waals surface area contributed by atoms with E-state index in [1.165, 1.54) is 23.9 Å². The first-order valence-electron chi connectivity index (χ1n) is 12.6. The molecule has 1 unspecified atom stereocenters. The highest BCUT2D eigenvalue weighted by molar-refractivity contribution is 7.99. The predicted octanol–water partition coefficient (Wildman–Crippen LogP) is 5.36. The standard InChI is InChI=1S/C27H25F2N5O6S/c1-27(2,3)40-34-10-16-21(17(35)11-34)20(13-9-30-23(24(36)37)22(13)31-16)18-6-7-19(39-18)41-26-32-14-5-4-12(38-25(28)29)8-15(14)33-26/h4-9,20,25,30-31H,10-11H2,1-3H3,(H,32,33)(H,36,37). The fraction of sp³-hybridized carbons (Fsp3) is 0.296. The Hall–Kier alpha value is -4.14. The lowest BCUT2D eigenvalue weighted by Crippen LogP contribution is -2.45. The number of benzene rings is 1. The van der Waals surface area contributed by atoms with Gasteiger partial charge in [0, 0.05) is 29.1 Å². The Morgan fingerprint density at radius 1 is 1.24 bits per heavy atom. The van der Waals surface area contributed by atoms with Gasteiger partial charge in [0.05, 0.1) is 41.3 Å². The molecular formula is C27H25F2N5O6S. The van der Waals surface area contributed by atoms with Gasteiger partial charge in [-0.3, -0.25) is 9.63 Å². The third kappa shape index (κ3) is 5.33. The summed E-state index contributed by atoms with van der Waals surface area (Å²) in [5.74, 6) is -1.53. The number of carboxylic acid groups (broad SMARTS) is 1. The lowest BCUT2D eigenvalue weighted by molar-refractivity contribution is -0.223. The molecule has 3 aromatic heterocycles. The van der Waals surface area contributed by atoms with E-state index in [1.807, 2.05) is 20.8 Å². The Morgan fingerprint density at radius 2 is 2.05 bits per heavy atom. The number of aromatic amines is 2. The Kier molecular flexibility index (Phi) is 6.63. The first-order valence-corrected chi connectivity index (χ1v) is 13.4. The Bertz CT molecular complexity index is 1700. The zero-order chi connectivity index (χ0) is 29.1. The van der Waals surface area contributed by atoms with Crippen LogP contribution >= 0.6 is 11.8 Å². The van der Waals surface area contributed by atoms with Crippen LogP contribution in [0.2, 0.25) is 0 Å². The lowest BCUT2D eigenvalue weighted by Gasteiger charge is -2.38. The quantitative estimate of drug-likeness (QED) is 0.224. The summed E-state index contributed by atoms with van der Waals surface area (Å²) in [6.45, 7) is 2.98. The number of furan rings is 1. The number of halogens is 2. The van der Waals surface area contributed by atoms with E-state index in [2.05, 4.69) is 25.0 Å². The third-order valence-corrected chi connectivity index (χ3v) is 7.23. The van der Waals surface area contributed by atoms with E-state index in [0.29, 0.717) is 49.6 Å². The van der Waals surface area contributed by atoms with Crippen LogP contribution in [0.25, 0.3) is 11.0 Å². The number of imidazole rings is 1. The van der Waals surface area contributed by atoms with Crippen molar-refractivity contribution in [3.63, 3.8) is 0 Å². The highest BCUT2D eigenvalue weighted by Crippen LogP contribution is 2.46. The second kappa shape index (κ2) is 10.0. The molecule has 41 heavy (non-hydrogen) atoms. The van der Waals surface area contributed by atoms with Crippen LogP contribution in [0.1, 0.15) is 48.5 Å². The first kappa shape index (κ1) is 27.1. The van der Waals surface area contributed by atoms with Crippen molar-refractivity contribution in [3.05, 3.63) is 64.8 Å². The normalized spacial score (nSPS) is 17.6. The van der Waals surface area contributed by atoms with Crippen molar-refractivity contribution < 1.29 is 37.5 Å². The summed E-state index contributed by atoms with van der Waals surface area (Å²) in [5.41, 5.74) is 2.45. The minimum absolute atomic E-state index is 0.00891. The smallest absolute Gasteiger partial charge is 0.387 e. The molecular weight excluding hydrogens is 560 g/mol. The molecule has 14 heteroatoms. The van der Waals surface area contributed by atoms with Gasteiger partial charge < -0.3 is 29.5 Å². The van der Waals surface area contributed by atoms with E-state index >= 15 is 0 Å². The van der Waals surface area contributed by atoms with Gasteiger partial charge in [0.2, 0.25) is 0 Å². The highest BCUT2D eigenvalue weighted by atomic mass is 32.2. The van der Waals surface area contributed by atoms with E-state index < -0.39 is 24.1 Å². The van der Waals surface area contributed by atoms with E-state index in [-0.39, 0.29) is 30.3 Å². The molecule has 1 atom stereocenters. The molecule has 214 valence electrons. The van der Waals surface area contributed by atoms with Gasteiger partial charge in [-0.2, -0.15) is 13.8 Å². The largest absolute Gasteiger partial charge is 0.477 e. The van der Waals surface area contributed by atoms with Crippen molar-refractivity contribution in [2.75, 3.05) is 18.4 Å². The number of nitrogens with zero attached hydrogens (tertiary/aromatic N) is 2. The monoisotopic (exact) mass is 585 g/mol. The van der Waals surface area contributed by atoms with Gasteiger partial charge in [0.25, 0.3) is 0 Å². The van der Waals surface area contributed by atoms with Gasteiger partial charge in [-0.1, -0.05) is 0 Å². The van der Waals surface area contributed by atoms with Crippen LogP contribution in [0.3, 0.4) is 0 Å². The Morgan fingerprint density at radius 3 is 2.78 bits per heavy atom. The fourth-order valence-electron chi connectivity index (χ4n) is 5.03. The van der Waals surface area contributed by atoms with Crippen LogP contribution in [0.5, 0.6) is 5.75 Å². The number of Topliss-reactive ketones (excluding diaryl/α,β-unsaturated/α-hetero) is 1. The number of aromatic nitrogens is 3. The molecule has 4 aromatic rings. The van der Waals surface area contributed by atoms with Gasteiger partial charge in [0.15, 0.2) is 16.0 Å². The van der Waals surface area contributed by atoms with Crippen molar-refractivity contribution in [2.24, 2.45) is 0 Å². The molecule has 6 rings (SSSR count). The van der Waals surface area contributed by atoms with Crippen molar-refractivity contribution in [3.8, 4) is 5.75 Å². The van der Waals surface area contributed by atoms with Crippen LogP contribution < -0.4 is 10.1 Å². The summed E-state index contributed by atoms with van der Waals surface area (Å²) in [7, 11) is 0. The van der Waals surface area contributed by atoms with E-state index in [4.69, 9.17) is 9.25 Å². The van der Waals surface area contributed by atoms with E-state index in [0.717, 1.165) is 0 Å². The molecule has 2 aliphatic heterocycles. The maximum absolute atomic E-state index is 13.5. The molecule has 0 saturated carbocycles. The summed E-state index contributed by atoms with van der Waals surface area (Å²) < 4.78 is 35.8. The summed E-state index contributed by atoms with van der Waals surface area (Å²) in [4.78, 5) is 41.7. The predicted molar refractivity (Wildman–Crippen MR) is 143 cm³/mol. The number of alkyl halides is 2. The number of H-pyrrole nitrogens is 2. The molecule has 0 aliphatic carbocycles. The van der Waals surface area contributed by atoms with Gasteiger partial charge in [-0.25, -0.2) is 9.78 Å². The summed E-state index contributed by atoms with van der Waals surface area (Å²) in [6.07, 6.45) is 1.57. The molecule has 0 fully saturated rings. The number of aromatic carboxylic acids is 1. The SMILES string of the molecule is CC(C)(C)ON1CC(=O)C2=C(C1)Nc1c(c[nH]c1C(=O)O)C2c1ccc(Sc2nc3ccc(OC(F)F)cc3[nH]2)o1. The number of ether oxygens (including phenoxy) is 1. The van der Waals surface area contributed by atoms with Gasteiger partial charge in [-0.05, 0) is 56.8 Å². The zero-order valence-electron chi connectivity index (χ0n) is 22.1. The summed E-state index contributed by atoms with van der Waals surface area (Å²) in [5, 5.41) is 15.4. The molecule has 5 heterocycles. The van der Waals surface area contributed by atoms with Crippen molar-refractivity contribution >= 4 is 40.2 Å². The van der Waals surface area contributed by atoms with Crippen molar-refractivity contribution in [1.82, 2.24) is 20.0 Å². The topological polar surface area (TPSA) is 146 Å². The second-order valence-corrected chi connectivity index (χ2v) is 11.5. The molecule has 2 aliphatic rings. The number of nitrogens with one attached hydrogen (secondary N) is 3. The Labute approximate surface area is 235 Å². The van der Waals surface area contributed by atoms with Crippen LogP contribution in [0.4, 0.5) is 14.5 Å². The molecule has 0 spiro atoms. The minimum atomic E-state index is -2.94. The number of hydroxylamine groups is 2. The highest BCUT2D eigenvalue weighted by Gasteiger charge is 2.42. The number of rotatable bonds is 7. The lowest BCUT2D eigenvalue weighted by atomic mass is 9.81. The zero-order valence-corrected chi connectivity index (χ0v) is 22.9. The molecule has 1 aromatic carbocycles. The van der Waals surface area contributed by atoms with Crippen molar-refractivity contribution in [2.45, 2.75) is 49.2 Å². The van der Waals surface area contributed by atoms with Crippen molar-refractivity contribution in [1.29, 1.82) is 0 Å². The number of carbonyl (C=O) groups excluding carboxylic acids is 1. The third-order valence-electron chi connectivity index (χ3n) is 6.42. The molecule has 0 amide bonds. The molecule has 0 saturated heterocycles. The van der Waals surface area contributed by atoms with Crippen LogP contribution in [-0.4, -0.2) is 62.2 Å². The van der Waals surface area contributed by atoms with Crippen LogP contribution in [-0.2, 0) is 9.63 Å². The summed E-state index contributed by atoms with van der Waals surface area (Å²) in [6, 6.07) is 7.88. The number of ketones is 1. The first-order chi connectivity index (χ1) is 19.4. The minimum Gasteiger partial charge on any atom is -0.477 e. The fourth-order valence-corrected chi connectivity index (χ4v) is 5.80. The number of anilines is 1. The second-order valence-electron chi connectivity index (χ2n) is 10.5. The number of fused-ring (bicyclic) bond motifs is 2. The summed E-state index contributed by atoms with van der Waals surface area (Å²) >= 11 is 1.18. The number of hydrogen-bond donors (Lipinski definition) is 4. The van der Waals surface area contributed by atoms with Crippen LogP contribution in [0.15, 0.2) is 62.5 Å². The maximum atomic E-state index is 13.5. The Balaban J connectivity index is 1.33. The molecule has 0 bridgehead atoms. The van der Waals surface area contributed by atoms with Gasteiger partial charge in [0.1, 0.15) is 17.2 Å². The average Bonchev–Trinajstić information content (AvgIpc) is 3.59. The maximum Gasteiger partial charge on any atom is 0.387 e. The molecule has 11 nitrogen and oxygen atoms in total. The van der Waals surface area contributed by atoms with E-state index in [9.17, 15) is 23.5 Å². The number of carbonyl (C=O) groups is 2. The van der Waals surface area contributed by atoms with Gasteiger partial charge in [-0.15, -0.1) is 0 Å². The average molecular weight is 586 g/mol. The number of carboxylic acids is 1. The van der Waals surface area contributed by atoms with Gasteiger partial charge >= 0.3 is 12.6 Å². The van der Waals surface area contributed by atoms with Crippen LogP contribution in [0, 0.1) is 0 Å².